The van der Waals surface area contributed by atoms with E-state index in [1.807, 2.05) is 47.4 Å². The zero-order chi connectivity index (χ0) is 20.1. The van der Waals surface area contributed by atoms with E-state index in [1.165, 1.54) is 0 Å². The second-order valence-corrected chi connectivity index (χ2v) is 8.03. The Morgan fingerprint density at radius 2 is 1.76 bits per heavy atom. The van der Waals surface area contributed by atoms with Crippen LogP contribution in [0.2, 0.25) is 5.02 Å². The number of morpholine rings is 1. The number of nitrogens with zero attached hydrogens (tertiary/aromatic N) is 2. The number of rotatable bonds is 7. The van der Waals surface area contributed by atoms with Crippen molar-refractivity contribution >= 4 is 17.7 Å². The fraction of sp³-hybridized carbons (Fsp3) is 0.435. The van der Waals surface area contributed by atoms with E-state index in [2.05, 4.69) is 17.0 Å². The second-order valence-electron chi connectivity index (χ2n) is 7.62. The molecule has 0 aliphatic carbocycles. The molecule has 29 heavy (non-hydrogen) atoms. The van der Waals surface area contributed by atoms with E-state index in [0.717, 1.165) is 50.4 Å². The number of ether oxygens (including phenoxy) is 2. The van der Waals surface area contributed by atoms with Gasteiger partial charge in [0.1, 0.15) is 6.10 Å². The molecule has 1 amide bonds. The molecule has 6 heteroatoms. The average molecular weight is 415 g/mol. The molecule has 154 valence electrons. The van der Waals surface area contributed by atoms with E-state index in [0.29, 0.717) is 18.0 Å². The van der Waals surface area contributed by atoms with Gasteiger partial charge >= 0.3 is 6.09 Å². The summed E-state index contributed by atoms with van der Waals surface area (Å²) in [6.07, 6.45) is 1.08. The summed E-state index contributed by atoms with van der Waals surface area (Å²) in [6.45, 7) is 4.96. The van der Waals surface area contributed by atoms with Gasteiger partial charge in [-0.15, -0.1) is 0 Å². The van der Waals surface area contributed by atoms with Crippen molar-refractivity contribution in [3.05, 3.63) is 70.7 Å². The van der Waals surface area contributed by atoms with Crippen molar-refractivity contribution in [2.45, 2.75) is 25.0 Å². The van der Waals surface area contributed by atoms with Crippen molar-refractivity contribution in [3.63, 3.8) is 0 Å². The van der Waals surface area contributed by atoms with E-state index >= 15 is 0 Å². The van der Waals surface area contributed by atoms with E-state index in [1.54, 1.807) is 0 Å². The first-order valence-corrected chi connectivity index (χ1v) is 10.6. The van der Waals surface area contributed by atoms with E-state index in [9.17, 15) is 4.79 Å². The molecular formula is C23H27ClN2O3. The third kappa shape index (κ3) is 5.10. The van der Waals surface area contributed by atoms with Crippen LogP contribution in [0.5, 0.6) is 0 Å². The third-order valence-corrected chi connectivity index (χ3v) is 6.06. The van der Waals surface area contributed by atoms with Gasteiger partial charge in [0.15, 0.2) is 0 Å². The Hall–Kier alpha value is -2.08. The maximum Gasteiger partial charge on any atom is 0.410 e. The van der Waals surface area contributed by atoms with Gasteiger partial charge in [-0.3, -0.25) is 9.80 Å². The molecule has 2 atom stereocenters. The number of carbonyl (C=O) groups excluding carboxylic acids is 1. The molecule has 2 aromatic carbocycles. The van der Waals surface area contributed by atoms with Crippen molar-refractivity contribution in [3.8, 4) is 0 Å². The smallest absolute Gasteiger partial charge is 0.410 e. The van der Waals surface area contributed by atoms with Crippen LogP contribution in [0.1, 0.15) is 23.6 Å². The Bertz CT molecular complexity index is 811. The summed E-state index contributed by atoms with van der Waals surface area (Å²) in [5, 5.41) is 0.717. The molecule has 0 spiro atoms. The van der Waals surface area contributed by atoms with E-state index < -0.39 is 0 Å². The van der Waals surface area contributed by atoms with Gasteiger partial charge in [-0.05, 0) is 23.6 Å². The molecule has 0 saturated carbocycles. The topological polar surface area (TPSA) is 42.0 Å². The van der Waals surface area contributed by atoms with Crippen molar-refractivity contribution in [2.75, 3.05) is 39.4 Å². The normalized spacial score (nSPS) is 21.2. The molecule has 4 rings (SSSR count). The van der Waals surface area contributed by atoms with Gasteiger partial charge in [-0.25, -0.2) is 4.79 Å². The highest BCUT2D eigenvalue weighted by atomic mass is 35.5. The molecular weight excluding hydrogens is 388 g/mol. The number of amides is 1. The lowest BCUT2D eigenvalue weighted by Crippen LogP contribution is -2.39. The minimum Gasteiger partial charge on any atom is -0.444 e. The molecule has 0 aromatic heterocycles. The summed E-state index contributed by atoms with van der Waals surface area (Å²) in [5.41, 5.74) is 2.16. The maximum atomic E-state index is 12.8. The van der Waals surface area contributed by atoms with Crippen LogP contribution < -0.4 is 0 Å². The lowest BCUT2D eigenvalue weighted by molar-refractivity contribution is 0.0341. The van der Waals surface area contributed by atoms with Gasteiger partial charge < -0.3 is 9.47 Å². The molecule has 5 nitrogen and oxygen atoms in total. The van der Waals surface area contributed by atoms with E-state index in [-0.39, 0.29) is 18.2 Å². The van der Waals surface area contributed by atoms with Crippen molar-refractivity contribution in [2.24, 2.45) is 0 Å². The highest BCUT2D eigenvalue weighted by molar-refractivity contribution is 6.31. The fourth-order valence-electron chi connectivity index (χ4n) is 4.12. The molecule has 2 aromatic rings. The average Bonchev–Trinajstić information content (AvgIpc) is 3.11. The number of hydrogen-bond donors (Lipinski definition) is 0. The lowest BCUT2D eigenvalue weighted by atomic mass is 10.0. The summed E-state index contributed by atoms with van der Waals surface area (Å²) in [6, 6.07) is 18.0. The maximum absolute atomic E-state index is 12.8. The summed E-state index contributed by atoms with van der Waals surface area (Å²) in [4.78, 5) is 17.1. The molecule has 0 bridgehead atoms. The highest BCUT2D eigenvalue weighted by Crippen LogP contribution is 2.31. The molecule has 2 aliphatic heterocycles. The number of benzene rings is 2. The Morgan fingerprint density at radius 1 is 1.03 bits per heavy atom. The van der Waals surface area contributed by atoms with Gasteiger partial charge in [0.2, 0.25) is 0 Å². The van der Waals surface area contributed by atoms with Gasteiger partial charge in [0, 0.05) is 31.1 Å². The van der Waals surface area contributed by atoms with Crippen LogP contribution in [-0.2, 0) is 15.9 Å². The fourth-order valence-corrected chi connectivity index (χ4v) is 4.33. The Morgan fingerprint density at radius 3 is 2.52 bits per heavy atom. The van der Waals surface area contributed by atoms with Crippen LogP contribution in [0.4, 0.5) is 4.79 Å². The highest BCUT2D eigenvalue weighted by Gasteiger charge is 2.37. The van der Waals surface area contributed by atoms with Crippen molar-refractivity contribution < 1.29 is 14.3 Å². The van der Waals surface area contributed by atoms with E-state index in [4.69, 9.17) is 21.1 Å². The molecule has 2 fully saturated rings. The number of hydrogen-bond acceptors (Lipinski definition) is 4. The van der Waals surface area contributed by atoms with Crippen LogP contribution in [0.3, 0.4) is 0 Å². The van der Waals surface area contributed by atoms with Crippen LogP contribution in [0.15, 0.2) is 54.6 Å². The first kappa shape index (κ1) is 20.2. The Balaban J connectivity index is 1.46. The summed E-state index contributed by atoms with van der Waals surface area (Å²) in [7, 11) is 0. The SMILES string of the molecule is O=C1OC(Cc2ccccc2Cl)CN1C(CCN1CCOCC1)c1ccccc1. The molecule has 0 radical (unpaired) electrons. The third-order valence-electron chi connectivity index (χ3n) is 5.69. The second kappa shape index (κ2) is 9.61. The Kier molecular flexibility index (Phi) is 6.70. The van der Waals surface area contributed by atoms with Gasteiger partial charge in [-0.2, -0.15) is 0 Å². The first-order chi connectivity index (χ1) is 14.2. The van der Waals surface area contributed by atoms with Crippen LogP contribution >= 0.6 is 11.6 Å². The van der Waals surface area contributed by atoms with Gasteiger partial charge in [0.05, 0.1) is 25.8 Å². The standard InChI is InChI=1S/C23H27ClN2O3/c24-21-9-5-4-8-19(21)16-20-17-26(23(27)29-20)22(18-6-2-1-3-7-18)10-11-25-12-14-28-15-13-25/h1-9,20,22H,10-17H2. The molecule has 2 unspecified atom stereocenters. The zero-order valence-electron chi connectivity index (χ0n) is 16.5. The largest absolute Gasteiger partial charge is 0.444 e. The van der Waals surface area contributed by atoms with Crippen LogP contribution in [0, 0.1) is 0 Å². The summed E-state index contributed by atoms with van der Waals surface area (Å²) >= 11 is 6.30. The predicted molar refractivity (Wildman–Crippen MR) is 113 cm³/mol. The quantitative estimate of drug-likeness (QED) is 0.682. The van der Waals surface area contributed by atoms with Gasteiger partial charge in [-0.1, -0.05) is 60.1 Å². The zero-order valence-corrected chi connectivity index (χ0v) is 17.3. The van der Waals surface area contributed by atoms with Crippen LogP contribution in [-0.4, -0.2) is 61.4 Å². The number of halogens is 1. The minimum atomic E-state index is -0.238. The predicted octanol–water partition coefficient (Wildman–Crippen LogP) is 4.17. The molecule has 0 N–H and O–H groups in total. The summed E-state index contributed by atoms with van der Waals surface area (Å²) < 4.78 is 11.2. The van der Waals surface area contributed by atoms with Crippen molar-refractivity contribution in [1.82, 2.24) is 9.80 Å². The van der Waals surface area contributed by atoms with Crippen LogP contribution in [0.25, 0.3) is 0 Å². The molecule has 2 saturated heterocycles. The first-order valence-electron chi connectivity index (χ1n) is 10.3. The number of carbonyl (C=O) groups is 1. The Labute approximate surface area is 177 Å². The van der Waals surface area contributed by atoms with Crippen molar-refractivity contribution in [1.29, 1.82) is 0 Å². The molecule has 2 aliphatic rings. The van der Waals surface area contributed by atoms with Gasteiger partial charge in [0.25, 0.3) is 0 Å². The minimum absolute atomic E-state index is 0.00258. The lowest BCUT2D eigenvalue weighted by Gasteiger charge is -2.31. The monoisotopic (exact) mass is 414 g/mol. The summed E-state index contributed by atoms with van der Waals surface area (Å²) in [5.74, 6) is 0. The molecule has 2 heterocycles. The number of cyclic esters (lactones) is 1.